The van der Waals surface area contributed by atoms with Gasteiger partial charge in [-0.05, 0) is 90.0 Å². The molecule has 11 aromatic rings. The maximum absolute atomic E-state index is 6.21. The standard InChI is InChI=1S/C48H28OS/c1-2-11-29(12-3-1)46-37-13-4-6-15-39(37)47(40-16-7-5-14-38(40)46)31-22-24-35-34-23-21-30(27-44(34)50-45(35)28-31)32-18-10-19-36-33(32)25-26-43-48(36)41-17-8-9-20-42(41)49-43/h1-28H. The third-order valence-electron chi connectivity index (χ3n) is 10.5. The largest absolute Gasteiger partial charge is 0.456 e. The molecule has 0 atom stereocenters. The van der Waals surface area contributed by atoms with Crippen LogP contribution in [0.1, 0.15) is 0 Å². The van der Waals surface area contributed by atoms with E-state index in [0.29, 0.717) is 0 Å². The van der Waals surface area contributed by atoms with Gasteiger partial charge in [-0.3, -0.25) is 0 Å². The lowest BCUT2D eigenvalue weighted by atomic mass is 9.86. The van der Waals surface area contributed by atoms with Crippen LogP contribution in [0.5, 0.6) is 0 Å². The molecule has 0 bridgehead atoms. The molecule has 2 heterocycles. The summed E-state index contributed by atoms with van der Waals surface area (Å²) >= 11 is 1.89. The first-order valence-corrected chi connectivity index (χ1v) is 17.9. The van der Waals surface area contributed by atoms with Crippen LogP contribution in [0.15, 0.2) is 174 Å². The molecule has 0 aliphatic rings. The van der Waals surface area contributed by atoms with Crippen molar-refractivity contribution in [3.63, 3.8) is 0 Å². The van der Waals surface area contributed by atoms with E-state index in [4.69, 9.17) is 4.42 Å². The highest BCUT2D eigenvalue weighted by Crippen LogP contribution is 2.46. The summed E-state index contributed by atoms with van der Waals surface area (Å²) < 4.78 is 8.82. The summed E-state index contributed by atoms with van der Waals surface area (Å²) in [7, 11) is 0. The Balaban J connectivity index is 1.09. The predicted octanol–water partition coefficient (Wildman–Crippen LogP) is 14.4. The van der Waals surface area contributed by atoms with Crippen molar-refractivity contribution >= 4 is 85.8 Å². The van der Waals surface area contributed by atoms with Crippen LogP contribution in [0, 0.1) is 0 Å². The van der Waals surface area contributed by atoms with E-state index in [1.165, 1.54) is 91.3 Å². The highest BCUT2D eigenvalue weighted by atomic mass is 32.1. The normalized spacial score (nSPS) is 12.0. The summed E-state index contributed by atoms with van der Waals surface area (Å²) in [4.78, 5) is 0. The molecule has 0 radical (unpaired) electrons. The molecule has 1 nitrogen and oxygen atoms in total. The minimum absolute atomic E-state index is 0.930. The third kappa shape index (κ3) is 4.00. The van der Waals surface area contributed by atoms with Gasteiger partial charge in [0.05, 0.1) is 0 Å². The van der Waals surface area contributed by atoms with Crippen LogP contribution in [-0.2, 0) is 0 Å². The van der Waals surface area contributed by atoms with Gasteiger partial charge in [0.25, 0.3) is 0 Å². The quantitative estimate of drug-likeness (QED) is 0.173. The second-order valence-electron chi connectivity index (χ2n) is 13.2. The van der Waals surface area contributed by atoms with E-state index in [9.17, 15) is 0 Å². The Hall–Kier alpha value is -6.22. The van der Waals surface area contributed by atoms with Gasteiger partial charge in [0.15, 0.2) is 0 Å². The van der Waals surface area contributed by atoms with E-state index >= 15 is 0 Å². The lowest BCUT2D eigenvalue weighted by Gasteiger charge is -2.17. The molecule has 2 aromatic heterocycles. The van der Waals surface area contributed by atoms with Crippen molar-refractivity contribution in [1.29, 1.82) is 0 Å². The number of hydrogen-bond acceptors (Lipinski definition) is 2. The minimum Gasteiger partial charge on any atom is -0.456 e. The molecular formula is C48H28OS. The van der Waals surface area contributed by atoms with Crippen LogP contribution >= 0.6 is 11.3 Å². The van der Waals surface area contributed by atoms with Gasteiger partial charge >= 0.3 is 0 Å². The number of thiophene rings is 1. The molecule has 232 valence electrons. The molecule has 11 rings (SSSR count). The summed E-state index contributed by atoms with van der Waals surface area (Å²) in [5, 5.41) is 12.6. The lowest BCUT2D eigenvalue weighted by Crippen LogP contribution is -1.90. The van der Waals surface area contributed by atoms with Crippen LogP contribution < -0.4 is 0 Å². The fraction of sp³-hybridized carbons (Fsp3) is 0. The second-order valence-corrected chi connectivity index (χ2v) is 14.3. The highest BCUT2D eigenvalue weighted by molar-refractivity contribution is 7.25. The van der Waals surface area contributed by atoms with E-state index in [1.54, 1.807) is 0 Å². The van der Waals surface area contributed by atoms with Crippen molar-refractivity contribution in [2.24, 2.45) is 0 Å². The zero-order valence-electron chi connectivity index (χ0n) is 27.0. The second kappa shape index (κ2) is 10.6. The fourth-order valence-electron chi connectivity index (χ4n) is 8.29. The first-order chi connectivity index (χ1) is 24.8. The SMILES string of the molecule is c1ccc(-c2c3ccccc3c(-c3ccc4c(c3)sc3cc(-c5cccc6c5ccc5oc7ccccc7c56)ccc34)c3ccccc23)cc1. The smallest absolute Gasteiger partial charge is 0.136 e. The van der Waals surface area contributed by atoms with E-state index in [0.717, 1.165) is 16.6 Å². The number of furan rings is 1. The van der Waals surface area contributed by atoms with Crippen LogP contribution in [0.25, 0.3) is 108 Å². The minimum atomic E-state index is 0.930. The predicted molar refractivity (Wildman–Crippen MR) is 215 cm³/mol. The van der Waals surface area contributed by atoms with Crippen LogP contribution in [0.3, 0.4) is 0 Å². The fourth-order valence-corrected chi connectivity index (χ4v) is 9.47. The van der Waals surface area contributed by atoms with E-state index < -0.39 is 0 Å². The first kappa shape index (κ1) is 27.7. The number of fused-ring (bicyclic) bond motifs is 10. The van der Waals surface area contributed by atoms with Gasteiger partial charge in [0, 0.05) is 30.9 Å². The molecule has 0 saturated carbocycles. The van der Waals surface area contributed by atoms with Crippen molar-refractivity contribution in [3.8, 4) is 33.4 Å². The number of benzene rings is 9. The Kier molecular flexibility index (Phi) is 5.89. The summed E-state index contributed by atoms with van der Waals surface area (Å²) in [5.74, 6) is 0. The van der Waals surface area contributed by atoms with Crippen LogP contribution in [0.2, 0.25) is 0 Å². The first-order valence-electron chi connectivity index (χ1n) is 17.1. The molecule has 2 heteroatoms. The average Bonchev–Trinajstić information content (AvgIpc) is 3.74. The monoisotopic (exact) mass is 652 g/mol. The summed E-state index contributed by atoms with van der Waals surface area (Å²) in [5.41, 5.74) is 9.43. The zero-order chi connectivity index (χ0) is 32.8. The molecule has 0 saturated heterocycles. The van der Waals surface area contributed by atoms with Crippen LogP contribution in [-0.4, -0.2) is 0 Å². The van der Waals surface area contributed by atoms with Gasteiger partial charge in [-0.25, -0.2) is 0 Å². The molecule has 0 amide bonds. The van der Waals surface area contributed by atoms with Gasteiger partial charge in [0.1, 0.15) is 11.2 Å². The van der Waals surface area contributed by atoms with Crippen molar-refractivity contribution in [3.05, 3.63) is 170 Å². The summed E-state index contributed by atoms with van der Waals surface area (Å²) in [6.07, 6.45) is 0. The van der Waals surface area contributed by atoms with Gasteiger partial charge in [-0.2, -0.15) is 0 Å². The van der Waals surface area contributed by atoms with Crippen molar-refractivity contribution in [2.75, 3.05) is 0 Å². The molecule has 0 unspecified atom stereocenters. The number of hydrogen-bond donors (Lipinski definition) is 0. The van der Waals surface area contributed by atoms with E-state index in [-0.39, 0.29) is 0 Å². The summed E-state index contributed by atoms with van der Waals surface area (Å²) in [6, 6.07) is 62.0. The number of para-hydroxylation sites is 1. The van der Waals surface area contributed by atoms with Gasteiger partial charge in [0.2, 0.25) is 0 Å². The van der Waals surface area contributed by atoms with E-state index in [2.05, 4.69) is 164 Å². The Morgan fingerprint density at radius 3 is 1.56 bits per heavy atom. The summed E-state index contributed by atoms with van der Waals surface area (Å²) in [6.45, 7) is 0. The Bertz CT molecular complexity index is 3090. The van der Waals surface area contributed by atoms with E-state index in [1.807, 2.05) is 17.4 Å². The maximum atomic E-state index is 6.21. The van der Waals surface area contributed by atoms with Crippen LogP contribution in [0.4, 0.5) is 0 Å². The molecule has 0 aliphatic carbocycles. The molecule has 50 heavy (non-hydrogen) atoms. The Morgan fingerprint density at radius 2 is 0.860 bits per heavy atom. The average molecular weight is 653 g/mol. The molecule has 0 aliphatic heterocycles. The van der Waals surface area contributed by atoms with Gasteiger partial charge < -0.3 is 4.42 Å². The number of rotatable bonds is 3. The zero-order valence-corrected chi connectivity index (χ0v) is 27.8. The topological polar surface area (TPSA) is 13.1 Å². The Morgan fingerprint density at radius 1 is 0.320 bits per heavy atom. The highest BCUT2D eigenvalue weighted by Gasteiger charge is 2.18. The third-order valence-corrected chi connectivity index (χ3v) is 11.6. The lowest BCUT2D eigenvalue weighted by molar-refractivity contribution is 0.669. The molecule has 0 N–H and O–H groups in total. The molecule has 0 fully saturated rings. The van der Waals surface area contributed by atoms with Crippen molar-refractivity contribution in [2.45, 2.75) is 0 Å². The van der Waals surface area contributed by atoms with Crippen molar-refractivity contribution < 1.29 is 4.42 Å². The molecule has 0 spiro atoms. The molecule has 9 aromatic carbocycles. The van der Waals surface area contributed by atoms with Gasteiger partial charge in [-0.15, -0.1) is 11.3 Å². The molecular weight excluding hydrogens is 625 g/mol. The van der Waals surface area contributed by atoms with Gasteiger partial charge in [-0.1, -0.05) is 146 Å². The maximum Gasteiger partial charge on any atom is 0.136 e. The van der Waals surface area contributed by atoms with Crippen molar-refractivity contribution in [1.82, 2.24) is 0 Å². The Labute approximate surface area is 292 Å².